The number of rotatable bonds is 5. The van der Waals surface area contributed by atoms with Gasteiger partial charge in [0, 0.05) is 11.6 Å². The van der Waals surface area contributed by atoms with Crippen LogP contribution in [0.3, 0.4) is 0 Å². The first-order valence-corrected chi connectivity index (χ1v) is 5.60. The van der Waals surface area contributed by atoms with Crippen molar-refractivity contribution in [1.29, 1.82) is 0 Å². The lowest BCUT2D eigenvalue weighted by atomic mass is 10.1. The third-order valence-corrected chi connectivity index (χ3v) is 2.47. The zero-order chi connectivity index (χ0) is 12.8. The molecule has 4 heteroatoms. The predicted molar refractivity (Wildman–Crippen MR) is 66.1 cm³/mol. The lowest BCUT2D eigenvalue weighted by molar-refractivity contribution is -0.121. The molecule has 0 bridgehead atoms. The number of carbonyl (C=O) groups excluding carboxylic acids is 1. The molecule has 0 saturated carbocycles. The van der Waals surface area contributed by atoms with Gasteiger partial charge in [-0.05, 0) is 19.9 Å². The molecule has 1 aromatic carbocycles. The van der Waals surface area contributed by atoms with Crippen LogP contribution in [0.2, 0.25) is 0 Å². The fourth-order valence-corrected chi connectivity index (χ4v) is 1.59. The van der Waals surface area contributed by atoms with Gasteiger partial charge in [-0.1, -0.05) is 17.7 Å². The van der Waals surface area contributed by atoms with Crippen LogP contribution in [0.15, 0.2) is 18.2 Å². The van der Waals surface area contributed by atoms with E-state index in [1.54, 1.807) is 14.0 Å². The van der Waals surface area contributed by atoms with E-state index >= 15 is 0 Å². The first-order valence-electron chi connectivity index (χ1n) is 5.60. The first-order chi connectivity index (χ1) is 8.06. The summed E-state index contributed by atoms with van der Waals surface area (Å²) in [5, 5.41) is 11.6. The summed E-state index contributed by atoms with van der Waals surface area (Å²) in [6.45, 7) is 3.67. The fraction of sp³-hybridized carbons (Fsp3) is 0.462. The Balaban J connectivity index is 2.73. The van der Waals surface area contributed by atoms with Crippen LogP contribution >= 0.6 is 0 Å². The van der Waals surface area contributed by atoms with Crippen molar-refractivity contribution in [3.63, 3.8) is 0 Å². The molecule has 1 aromatic rings. The van der Waals surface area contributed by atoms with Crippen LogP contribution in [0.1, 0.15) is 18.1 Å². The maximum Gasteiger partial charge on any atom is 0.224 e. The van der Waals surface area contributed by atoms with Crippen molar-refractivity contribution in [1.82, 2.24) is 5.32 Å². The summed E-state index contributed by atoms with van der Waals surface area (Å²) in [6.07, 6.45) is 0.259. The van der Waals surface area contributed by atoms with Gasteiger partial charge in [-0.15, -0.1) is 0 Å². The largest absolute Gasteiger partial charge is 0.496 e. The van der Waals surface area contributed by atoms with Gasteiger partial charge in [0.1, 0.15) is 5.75 Å². The van der Waals surface area contributed by atoms with E-state index in [2.05, 4.69) is 5.32 Å². The second kappa shape index (κ2) is 6.25. The van der Waals surface area contributed by atoms with Crippen molar-refractivity contribution < 1.29 is 14.6 Å². The van der Waals surface area contributed by atoms with Gasteiger partial charge in [0.25, 0.3) is 0 Å². The molecule has 17 heavy (non-hydrogen) atoms. The molecule has 0 radical (unpaired) electrons. The lowest BCUT2D eigenvalue weighted by Gasteiger charge is -2.12. The fourth-order valence-electron chi connectivity index (χ4n) is 1.59. The molecule has 2 N–H and O–H groups in total. The Morgan fingerprint density at radius 2 is 2.24 bits per heavy atom. The highest BCUT2D eigenvalue weighted by Gasteiger charge is 2.10. The van der Waals surface area contributed by atoms with Crippen LogP contribution in [0.25, 0.3) is 0 Å². The highest BCUT2D eigenvalue weighted by molar-refractivity contribution is 5.79. The molecule has 0 aromatic heterocycles. The SMILES string of the molecule is COc1ccc(C)cc1CC(=O)NC(C)CO. The minimum Gasteiger partial charge on any atom is -0.496 e. The van der Waals surface area contributed by atoms with Crippen molar-refractivity contribution in [2.24, 2.45) is 0 Å². The first kappa shape index (κ1) is 13.5. The van der Waals surface area contributed by atoms with Gasteiger partial charge in [-0.2, -0.15) is 0 Å². The number of methoxy groups -OCH3 is 1. The molecular formula is C13H19NO3. The van der Waals surface area contributed by atoms with Crippen LogP contribution in [-0.4, -0.2) is 30.8 Å². The normalized spacial score (nSPS) is 12.0. The molecule has 0 aliphatic heterocycles. The Morgan fingerprint density at radius 1 is 1.53 bits per heavy atom. The maximum absolute atomic E-state index is 11.7. The number of amides is 1. The van der Waals surface area contributed by atoms with Gasteiger partial charge in [0.2, 0.25) is 5.91 Å². The highest BCUT2D eigenvalue weighted by atomic mass is 16.5. The van der Waals surface area contributed by atoms with Gasteiger partial charge in [0.15, 0.2) is 0 Å². The van der Waals surface area contributed by atoms with E-state index in [0.717, 1.165) is 11.1 Å². The third kappa shape index (κ3) is 4.07. The molecule has 0 heterocycles. The Labute approximate surface area is 102 Å². The number of ether oxygens (including phenoxy) is 1. The third-order valence-electron chi connectivity index (χ3n) is 2.47. The van der Waals surface area contributed by atoms with Crippen LogP contribution in [0.5, 0.6) is 5.75 Å². The number of aliphatic hydroxyl groups is 1. The molecule has 0 saturated heterocycles. The number of aryl methyl sites for hydroxylation is 1. The summed E-state index contributed by atoms with van der Waals surface area (Å²) < 4.78 is 5.20. The van der Waals surface area contributed by atoms with E-state index in [0.29, 0.717) is 5.75 Å². The minimum atomic E-state index is -0.224. The molecule has 1 amide bonds. The summed E-state index contributed by atoms with van der Waals surface area (Å²) in [4.78, 5) is 11.7. The number of hydrogen-bond donors (Lipinski definition) is 2. The molecule has 1 unspecified atom stereocenters. The van der Waals surface area contributed by atoms with Crippen molar-refractivity contribution in [3.8, 4) is 5.75 Å². The van der Waals surface area contributed by atoms with E-state index < -0.39 is 0 Å². The van der Waals surface area contributed by atoms with Gasteiger partial charge in [-0.3, -0.25) is 4.79 Å². The second-order valence-corrected chi connectivity index (χ2v) is 4.14. The van der Waals surface area contributed by atoms with E-state index in [-0.39, 0.29) is 25.0 Å². The number of carbonyl (C=O) groups is 1. The molecule has 1 atom stereocenters. The Morgan fingerprint density at radius 3 is 2.82 bits per heavy atom. The Kier molecular flexibility index (Phi) is 4.97. The van der Waals surface area contributed by atoms with Crippen LogP contribution < -0.4 is 10.1 Å². The molecule has 0 fully saturated rings. The molecule has 0 aliphatic carbocycles. The number of benzene rings is 1. The molecule has 1 rings (SSSR count). The van der Waals surface area contributed by atoms with Crippen LogP contribution in [0.4, 0.5) is 0 Å². The summed E-state index contributed by atoms with van der Waals surface area (Å²) >= 11 is 0. The summed E-state index contributed by atoms with van der Waals surface area (Å²) in [6, 6.07) is 5.50. The summed E-state index contributed by atoms with van der Waals surface area (Å²) in [7, 11) is 1.59. The molecule has 0 spiro atoms. The zero-order valence-electron chi connectivity index (χ0n) is 10.5. The van der Waals surface area contributed by atoms with Crippen LogP contribution in [-0.2, 0) is 11.2 Å². The smallest absolute Gasteiger partial charge is 0.224 e. The highest BCUT2D eigenvalue weighted by Crippen LogP contribution is 2.20. The monoisotopic (exact) mass is 237 g/mol. The maximum atomic E-state index is 11.7. The number of nitrogens with one attached hydrogen (secondary N) is 1. The topological polar surface area (TPSA) is 58.6 Å². The van der Waals surface area contributed by atoms with E-state index in [1.165, 1.54) is 0 Å². The average molecular weight is 237 g/mol. The Hall–Kier alpha value is -1.55. The van der Waals surface area contributed by atoms with E-state index in [1.807, 2.05) is 25.1 Å². The average Bonchev–Trinajstić information content (AvgIpc) is 2.29. The quantitative estimate of drug-likeness (QED) is 0.804. The standard InChI is InChI=1S/C13H19NO3/c1-9-4-5-12(17-3)11(6-9)7-13(16)14-10(2)8-15/h4-6,10,15H,7-8H2,1-3H3,(H,14,16). The van der Waals surface area contributed by atoms with Gasteiger partial charge >= 0.3 is 0 Å². The number of aliphatic hydroxyl groups excluding tert-OH is 1. The number of hydrogen-bond acceptors (Lipinski definition) is 3. The molecule has 0 aliphatic rings. The molecular weight excluding hydrogens is 218 g/mol. The molecule has 94 valence electrons. The van der Waals surface area contributed by atoms with Crippen molar-refractivity contribution in [2.45, 2.75) is 26.3 Å². The van der Waals surface area contributed by atoms with Crippen molar-refractivity contribution >= 4 is 5.91 Å². The Bertz CT molecular complexity index is 390. The van der Waals surface area contributed by atoms with Gasteiger partial charge < -0.3 is 15.2 Å². The second-order valence-electron chi connectivity index (χ2n) is 4.14. The molecule has 4 nitrogen and oxygen atoms in total. The lowest BCUT2D eigenvalue weighted by Crippen LogP contribution is -2.36. The zero-order valence-corrected chi connectivity index (χ0v) is 10.5. The van der Waals surface area contributed by atoms with Crippen molar-refractivity contribution in [3.05, 3.63) is 29.3 Å². The summed E-state index contributed by atoms with van der Waals surface area (Å²) in [5.41, 5.74) is 1.94. The van der Waals surface area contributed by atoms with Crippen molar-refractivity contribution in [2.75, 3.05) is 13.7 Å². The van der Waals surface area contributed by atoms with Crippen LogP contribution in [0, 0.1) is 6.92 Å². The van der Waals surface area contributed by atoms with E-state index in [4.69, 9.17) is 9.84 Å². The van der Waals surface area contributed by atoms with E-state index in [9.17, 15) is 4.79 Å². The van der Waals surface area contributed by atoms with Gasteiger partial charge in [-0.25, -0.2) is 0 Å². The predicted octanol–water partition coefficient (Wildman–Crippen LogP) is 1.04. The minimum absolute atomic E-state index is 0.0588. The van der Waals surface area contributed by atoms with Gasteiger partial charge in [0.05, 0.1) is 20.1 Å². The summed E-state index contributed by atoms with van der Waals surface area (Å²) in [5.74, 6) is 0.595.